The Morgan fingerprint density at radius 1 is 1.07 bits per heavy atom. The van der Waals surface area contributed by atoms with Gasteiger partial charge >= 0.3 is 5.69 Å². The maximum absolute atomic E-state index is 13.2. The highest BCUT2D eigenvalue weighted by Crippen LogP contribution is 2.21. The monoisotopic (exact) mass is 386 g/mol. The number of benzene rings is 1. The zero-order chi connectivity index (χ0) is 20.7. The van der Waals surface area contributed by atoms with Gasteiger partial charge in [0.15, 0.2) is 5.69 Å². The molecule has 0 bridgehead atoms. The summed E-state index contributed by atoms with van der Waals surface area (Å²) in [5.74, 6) is -0.256. The summed E-state index contributed by atoms with van der Waals surface area (Å²) in [5.41, 5.74) is 6.62. The molecule has 0 unspecified atom stereocenters. The van der Waals surface area contributed by atoms with E-state index < -0.39 is 11.2 Å². The number of aryl methyl sites for hydroxylation is 1. The van der Waals surface area contributed by atoms with E-state index in [4.69, 9.17) is 5.73 Å². The van der Waals surface area contributed by atoms with E-state index in [1.165, 1.54) is 9.47 Å². The highest BCUT2D eigenvalue weighted by atomic mass is 16.2. The molecule has 0 aliphatic carbocycles. The molecule has 1 heterocycles. The summed E-state index contributed by atoms with van der Waals surface area (Å²) in [6, 6.07) is 7.18. The molecule has 0 fully saturated rings. The smallest absolute Gasteiger partial charge is 0.330 e. The first kappa shape index (κ1) is 21.5. The SMILES string of the molecule is CCCCCN(C(=O)c1ccc(C)cc1)c1c(N)n(CCCC)c(=O)[nH]c1=O. The van der Waals surface area contributed by atoms with E-state index in [9.17, 15) is 14.4 Å². The lowest BCUT2D eigenvalue weighted by molar-refractivity contribution is 0.0986. The molecule has 152 valence electrons. The number of nitrogens with one attached hydrogen (secondary N) is 1. The fraction of sp³-hybridized carbons (Fsp3) is 0.476. The van der Waals surface area contributed by atoms with Crippen LogP contribution in [0.2, 0.25) is 0 Å². The summed E-state index contributed by atoms with van der Waals surface area (Å²) in [5, 5.41) is 0. The normalized spacial score (nSPS) is 10.8. The van der Waals surface area contributed by atoms with Crippen molar-refractivity contribution in [3.05, 3.63) is 56.2 Å². The number of H-pyrrole nitrogens is 1. The second kappa shape index (κ2) is 9.92. The van der Waals surface area contributed by atoms with Gasteiger partial charge in [-0.1, -0.05) is 50.8 Å². The lowest BCUT2D eigenvalue weighted by Gasteiger charge is -2.24. The van der Waals surface area contributed by atoms with Crippen molar-refractivity contribution in [2.75, 3.05) is 17.2 Å². The van der Waals surface area contributed by atoms with Gasteiger partial charge in [-0.2, -0.15) is 0 Å². The predicted molar refractivity (Wildman–Crippen MR) is 113 cm³/mol. The molecule has 7 heteroatoms. The standard InChI is InChI=1S/C21H30N4O3/c1-4-6-8-14-24(20(27)16-11-9-15(3)10-12-16)17-18(22)25(13-7-5-2)21(28)23-19(17)26/h9-12H,4-8,13-14,22H2,1-3H3,(H,23,26,28). The van der Waals surface area contributed by atoms with Gasteiger partial charge in [-0.05, 0) is 31.9 Å². The molecule has 1 amide bonds. The maximum Gasteiger partial charge on any atom is 0.330 e. The highest BCUT2D eigenvalue weighted by Gasteiger charge is 2.24. The maximum atomic E-state index is 13.2. The summed E-state index contributed by atoms with van der Waals surface area (Å²) in [4.78, 5) is 41.7. The average molecular weight is 386 g/mol. The number of hydrogen-bond donors (Lipinski definition) is 2. The number of aromatic nitrogens is 2. The van der Waals surface area contributed by atoms with Crippen LogP contribution in [0, 0.1) is 6.92 Å². The van der Waals surface area contributed by atoms with E-state index in [1.807, 2.05) is 26.0 Å². The first-order chi connectivity index (χ1) is 13.4. The van der Waals surface area contributed by atoms with Crippen LogP contribution in [0.4, 0.5) is 11.5 Å². The van der Waals surface area contributed by atoms with E-state index in [-0.39, 0.29) is 17.4 Å². The van der Waals surface area contributed by atoms with Gasteiger partial charge < -0.3 is 10.6 Å². The third-order valence-electron chi connectivity index (χ3n) is 4.75. The molecule has 0 atom stereocenters. The number of carbonyl (C=O) groups is 1. The van der Waals surface area contributed by atoms with Crippen LogP contribution >= 0.6 is 0 Å². The lowest BCUT2D eigenvalue weighted by atomic mass is 10.1. The third kappa shape index (κ3) is 4.91. The van der Waals surface area contributed by atoms with Gasteiger partial charge in [0.1, 0.15) is 5.82 Å². The van der Waals surface area contributed by atoms with Crippen molar-refractivity contribution >= 4 is 17.4 Å². The van der Waals surface area contributed by atoms with Crippen LogP contribution in [-0.4, -0.2) is 22.0 Å². The Balaban J connectivity index is 2.53. The van der Waals surface area contributed by atoms with Gasteiger partial charge in [-0.15, -0.1) is 0 Å². The van der Waals surface area contributed by atoms with Crippen LogP contribution in [0.15, 0.2) is 33.9 Å². The lowest BCUT2D eigenvalue weighted by Crippen LogP contribution is -2.41. The Labute approximate surface area is 165 Å². The van der Waals surface area contributed by atoms with Crippen LogP contribution in [0.3, 0.4) is 0 Å². The van der Waals surface area contributed by atoms with Crippen LogP contribution in [0.5, 0.6) is 0 Å². The van der Waals surface area contributed by atoms with E-state index >= 15 is 0 Å². The van der Waals surface area contributed by atoms with Gasteiger partial charge in [0.2, 0.25) is 0 Å². The molecular weight excluding hydrogens is 356 g/mol. The number of rotatable bonds is 9. The second-order valence-corrected chi connectivity index (χ2v) is 7.03. The van der Waals surface area contributed by atoms with Gasteiger partial charge in [0, 0.05) is 18.7 Å². The molecule has 0 radical (unpaired) electrons. The number of carbonyl (C=O) groups excluding carboxylic acids is 1. The number of unbranched alkanes of at least 4 members (excludes halogenated alkanes) is 3. The van der Waals surface area contributed by atoms with Crippen molar-refractivity contribution in [2.24, 2.45) is 0 Å². The highest BCUT2D eigenvalue weighted by molar-refractivity contribution is 6.07. The number of nitrogen functional groups attached to an aromatic ring is 1. The molecule has 0 aliphatic heterocycles. The van der Waals surface area contributed by atoms with Crippen molar-refractivity contribution < 1.29 is 4.79 Å². The summed E-state index contributed by atoms with van der Waals surface area (Å²) in [6.45, 7) is 6.77. The van der Waals surface area contributed by atoms with Crippen LogP contribution < -0.4 is 21.9 Å². The minimum atomic E-state index is -0.632. The summed E-state index contributed by atoms with van der Waals surface area (Å²) < 4.78 is 1.34. The Kier molecular flexibility index (Phi) is 7.61. The van der Waals surface area contributed by atoms with Gasteiger partial charge in [0.05, 0.1) is 0 Å². The Bertz CT molecular complexity index is 913. The van der Waals surface area contributed by atoms with E-state index in [0.29, 0.717) is 18.7 Å². The minimum absolute atomic E-state index is 0.0409. The van der Waals surface area contributed by atoms with Crippen LogP contribution in [0.1, 0.15) is 61.9 Å². The van der Waals surface area contributed by atoms with E-state index in [0.717, 1.165) is 37.7 Å². The van der Waals surface area contributed by atoms with Gasteiger partial charge in [-0.3, -0.25) is 19.1 Å². The van der Waals surface area contributed by atoms with Crippen LogP contribution in [-0.2, 0) is 6.54 Å². The van der Waals surface area contributed by atoms with Crippen molar-refractivity contribution in [1.82, 2.24) is 9.55 Å². The number of aromatic amines is 1. The van der Waals surface area contributed by atoms with Crippen molar-refractivity contribution in [1.29, 1.82) is 0 Å². The zero-order valence-corrected chi connectivity index (χ0v) is 17.0. The fourth-order valence-electron chi connectivity index (χ4n) is 3.06. The molecule has 2 aromatic rings. The first-order valence-electron chi connectivity index (χ1n) is 9.91. The van der Waals surface area contributed by atoms with Gasteiger partial charge in [0.25, 0.3) is 11.5 Å². The Morgan fingerprint density at radius 2 is 1.71 bits per heavy atom. The molecule has 0 spiro atoms. The number of hydrogen-bond acceptors (Lipinski definition) is 4. The topological polar surface area (TPSA) is 101 Å². The molecular formula is C21H30N4O3. The summed E-state index contributed by atoms with van der Waals surface area (Å²) >= 11 is 0. The molecule has 0 saturated heterocycles. The number of nitrogens with two attached hydrogens (primary N) is 1. The average Bonchev–Trinajstić information content (AvgIpc) is 2.66. The largest absolute Gasteiger partial charge is 0.383 e. The molecule has 28 heavy (non-hydrogen) atoms. The van der Waals surface area contributed by atoms with E-state index in [1.54, 1.807) is 12.1 Å². The molecule has 1 aromatic heterocycles. The molecule has 3 N–H and O–H groups in total. The van der Waals surface area contributed by atoms with Crippen molar-refractivity contribution in [2.45, 2.75) is 59.4 Å². The quantitative estimate of drug-likeness (QED) is 0.647. The molecule has 0 saturated carbocycles. The van der Waals surface area contributed by atoms with Crippen molar-refractivity contribution in [3.8, 4) is 0 Å². The third-order valence-corrected chi connectivity index (χ3v) is 4.75. The van der Waals surface area contributed by atoms with E-state index in [2.05, 4.69) is 11.9 Å². The molecule has 1 aromatic carbocycles. The zero-order valence-electron chi connectivity index (χ0n) is 17.0. The number of amides is 1. The summed E-state index contributed by atoms with van der Waals surface area (Å²) in [7, 11) is 0. The second-order valence-electron chi connectivity index (χ2n) is 7.03. The fourth-order valence-corrected chi connectivity index (χ4v) is 3.06. The Morgan fingerprint density at radius 3 is 2.32 bits per heavy atom. The predicted octanol–water partition coefficient (Wildman–Crippen LogP) is 3.06. The number of anilines is 2. The Hall–Kier alpha value is -2.83. The van der Waals surface area contributed by atoms with Crippen molar-refractivity contribution in [3.63, 3.8) is 0 Å². The molecule has 7 nitrogen and oxygen atoms in total. The van der Waals surface area contributed by atoms with Crippen LogP contribution in [0.25, 0.3) is 0 Å². The van der Waals surface area contributed by atoms with Gasteiger partial charge in [-0.25, -0.2) is 4.79 Å². The minimum Gasteiger partial charge on any atom is -0.383 e. The molecule has 2 rings (SSSR count). The first-order valence-corrected chi connectivity index (χ1v) is 9.91. The number of nitrogens with zero attached hydrogens (tertiary/aromatic N) is 2. The molecule has 0 aliphatic rings. The summed E-state index contributed by atoms with van der Waals surface area (Å²) in [6.07, 6.45) is 4.26.